The quantitative estimate of drug-likeness (QED) is 0.581. The van der Waals surface area contributed by atoms with Gasteiger partial charge in [-0.1, -0.05) is 13.2 Å². The van der Waals surface area contributed by atoms with Crippen LogP contribution in [-0.4, -0.2) is 14.3 Å². The summed E-state index contributed by atoms with van der Waals surface area (Å²) in [5.74, 6) is -0.764. The first-order valence-electron chi connectivity index (χ1n) is 2.33. The summed E-state index contributed by atoms with van der Waals surface area (Å²) in [7, 11) is -3.64. The van der Waals surface area contributed by atoms with Gasteiger partial charge < -0.3 is 0 Å². The van der Waals surface area contributed by atoms with Crippen LogP contribution in [0.3, 0.4) is 0 Å². The highest BCUT2D eigenvalue weighted by molar-refractivity contribution is 7.92. The van der Waals surface area contributed by atoms with Crippen molar-refractivity contribution in [3.63, 3.8) is 0 Å². The van der Waals surface area contributed by atoms with Crippen molar-refractivity contribution in [2.24, 2.45) is 0 Å². The molecule has 0 aliphatic rings. The van der Waals surface area contributed by atoms with Crippen LogP contribution in [0.2, 0.25) is 0 Å². The van der Waals surface area contributed by atoms with Crippen LogP contribution < -0.4 is 4.72 Å². The van der Waals surface area contributed by atoms with Gasteiger partial charge >= 0.3 is 0 Å². The first kappa shape index (κ1) is 8.90. The monoisotopic (exact) mass is 161 g/mol. The van der Waals surface area contributed by atoms with Gasteiger partial charge in [-0.3, -0.25) is 4.79 Å². The molecule has 0 spiro atoms. The number of hydrogen-bond acceptors (Lipinski definition) is 3. The molecule has 0 aromatic rings. The molecule has 0 saturated carbocycles. The summed E-state index contributed by atoms with van der Waals surface area (Å²) in [6.45, 7) is 6.05. The van der Waals surface area contributed by atoms with E-state index in [1.165, 1.54) is 0 Å². The van der Waals surface area contributed by atoms with Crippen LogP contribution >= 0.6 is 0 Å². The van der Waals surface area contributed by atoms with E-state index in [9.17, 15) is 13.2 Å². The molecule has 0 rings (SSSR count). The lowest BCUT2D eigenvalue weighted by molar-refractivity contribution is -0.114. The van der Waals surface area contributed by atoms with E-state index in [4.69, 9.17) is 0 Å². The van der Waals surface area contributed by atoms with E-state index in [-0.39, 0.29) is 0 Å². The van der Waals surface area contributed by atoms with E-state index in [0.29, 0.717) is 5.41 Å². The van der Waals surface area contributed by atoms with Gasteiger partial charge in [0.1, 0.15) is 0 Å². The van der Waals surface area contributed by atoms with Crippen molar-refractivity contribution >= 4 is 15.9 Å². The second-order valence-corrected chi connectivity index (χ2v) is 3.01. The lowest BCUT2D eigenvalue weighted by Gasteiger charge is -1.95. The molecule has 5 heteroatoms. The Bertz CT molecular complexity index is 252. The fraction of sp³-hybridized carbons (Fsp3) is 0. The minimum absolute atomic E-state index is 0.647. The molecular formula is C5H7NO3S. The summed E-state index contributed by atoms with van der Waals surface area (Å²) in [6.07, 6.45) is 0.862. The average molecular weight is 161 g/mol. The highest BCUT2D eigenvalue weighted by atomic mass is 32.2. The molecule has 0 heterocycles. The zero-order valence-electron chi connectivity index (χ0n) is 5.20. The predicted octanol–water partition coefficient (Wildman–Crippen LogP) is -0.238. The van der Waals surface area contributed by atoms with Gasteiger partial charge in [-0.25, -0.2) is 13.1 Å². The predicted molar refractivity (Wildman–Crippen MR) is 37.5 cm³/mol. The lowest BCUT2D eigenvalue weighted by atomic mass is 10.6. The van der Waals surface area contributed by atoms with Crippen molar-refractivity contribution in [2.45, 2.75) is 0 Å². The Balaban J connectivity index is 4.30. The molecule has 56 valence electrons. The van der Waals surface area contributed by atoms with Crippen molar-refractivity contribution in [3.8, 4) is 0 Å². The van der Waals surface area contributed by atoms with Crippen molar-refractivity contribution in [1.82, 2.24) is 4.72 Å². The van der Waals surface area contributed by atoms with E-state index in [1.54, 1.807) is 4.72 Å². The summed E-state index contributed by atoms with van der Waals surface area (Å²) in [5.41, 5.74) is 0. The minimum Gasteiger partial charge on any atom is -0.269 e. The second-order valence-electron chi connectivity index (χ2n) is 1.38. The Morgan fingerprint density at radius 2 is 1.90 bits per heavy atom. The molecule has 0 aromatic carbocycles. The van der Waals surface area contributed by atoms with Gasteiger partial charge in [-0.15, -0.1) is 0 Å². The van der Waals surface area contributed by atoms with E-state index < -0.39 is 15.9 Å². The van der Waals surface area contributed by atoms with Crippen molar-refractivity contribution in [3.05, 3.63) is 24.6 Å². The van der Waals surface area contributed by atoms with Crippen molar-refractivity contribution in [1.29, 1.82) is 0 Å². The average Bonchev–Trinajstić information content (AvgIpc) is 1.87. The van der Waals surface area contributed by atoms with E-state index in [1.807, 2.05) is 0 Å². The largest absolute Gasteiger partial charge is 0.269 e. The van der Waals surface area contributed by atoms with Gasteiger partial charge in [-0.05, 0) is 6.08 Å². The molecule has 0 aliphatic heterocycles. The van der Waals surface area contributed by atoms with E-state index in [2.05, 4.69) is 13.2 Å². The molecule has 0 bridgehead atoms. The number of nitrogens with one attached hydrogen (secondary N) is 1. The van der Waals surface area contributed by atoms with Crippen LogP contribution in [-0.2, 0) is 14.8 Å². The SMILES string of the molecule is C=CC(=O)NS(=O)(=O)C=C. The summed E-state index contributed by atoms with van der Waals surface area (Å²) in [5, 5.41) is 0.647. The van der Waals surface area contributed by atoms with Gasteiger partial charge in [0.15, 0.2) is 0 Å². The number of carbonyl (C=O) groups excluding carboxylic acids is 1. The van der Waals surface area contributed by atoms with Gasteiger partial charge in [0.2, 0.25) is 0 Å². The molecule has 0 aromatic heterocycles. The first-order chi connectivity index (χ1) is 4.52. The highest BCUT2D eigenvalue weighted by Gasteiger charge is 2.04. The molecule has 10 heavy (non-hydrogen) atoms. The van der Waals surface area contributed by atoms with Crippen LogP contribution in [0.15, 0.2) is 24.6 Å². The van der Waals surface area contributed by atoms with Crippen LogP contribution in [0.25, 0.3) is 0 Å². The van der Waals surface area contributed by atoms with Gasteiger partial charge in [0, 0.05) is 5.41 Å². The fourth-order valence-corrected chi connectivity index (χ4v) is 0.671. The third-order valence-corrected chi connectivity index (χ3v) is 1.57. The molecule has 0 unspecified atom stereocenters. The smallest absolute Gasteiger partial charge is 0.257 e. The van der Waals surface area contributed by atoms with E-state index in [0.717, 1.165) is 6.08 Å². The van der Waals surface area contributed by atoms with Gasteiger partial charge in [-0.2, -0.15) is 0 Å². The summed E-state index contributed by atoms with van der Waals surface area (Å²) < 4.78 is 22.6. The minimum atomic E-state index is -3.64. The highest BCUT2D eigenvalue weighted by Crippen LogP contribution is 1.82. The fourth-order valence-electron chi connectivity index (χ4n) is 0.224. The molecule has 0 radical (unpaired) electrons. The first-order valence-corrected chi connectivity index (χ1v) is 3.88. The van der Waals surface area contributed by atoms with Crippen molar-refractivity contribution < 1.29 is 13.2 Å². The zero-order valence-corrected chi connectivity index (χ0v) is 6.02. The number of hydrogen-bond donors (Lipinski definition) is 1. The van der Waals surface area contributed by atoms with Gasteiger partial charge in [0.25, 0.3) is 15.9 Å². The molecule has 0 fully saturated rings. The Morgan fingerprint density at radius 1 is 1.40 bits per heavy atom. The maximum Gasteiger partial charge on any atom is 0.257 e. The molecule has 0 atom stereocenters. The second kappa shape index (κ2) is 3.17. The summed E-state index contributed by atoms with van der Waals surface area (Å²) in [6, 6.07) is 0. The normalized spacial score (nSPS) is 10.0. The number of sulfonamides is 1. The summed E-state index contributed by atoms with van der Waals surface area (Å²) >= 11 is 0. The molecule has 4 nitrogen and oxygen atoms in total. The van der Waals surface area contributed by atoms with Crippen LogP contribution in [0.1, 0.15) is 0 Å². The third kappa shape index (κ3) is 3.03. The Kier molecular flexibility index (Phi) is 2.82. The third-order valence-electron chi connectivity index (χ3n) is 0.648. The Hall–Kier alpha value is -1.10. The molecule has 0 aliphatic carbocycles. The lowest BCUT2D eigenvalue weighted by Crippen LogP contribution is -2.26. The summed E-state index contributed by atoms with van der Waals surface area (Å²) in [4.78, 5) is 10.3. The number of carbonyl (C=O) groups is 1. The topological polar surface area (TPSA) is 63.2 Å². The maximum atomic E-state index is 10.5. The molecular weight excluding hydrogens is 154 g/mol. The zero-order chi connectivity index (χ0) is 8.20. The number of rotatable bonds is 3. The van der Waals surface area contributed by atoms with E-state index >= 15 is 0 Å². The Morgan fingerprint density at radius 3 is 2.20 bits per heavy atom. The number of amides is 1. The Labute approximate surface area is 59.3 Å². The van der Waals surface area contributed by atoms with Crippen LogP contribution in [0, 0.1) is 0 Å². The van der Waals surface area contributed by atoms with Gasteiger partial charge in [0.05, 0.1) is 0 Å². The van der Waals surface area contributed by atoms with Crippen molar-refractivity contribution in [2.75, 3.05) is 0 Å². The standard InChI is InChI=1S/C5H7NO3S/c1-3-5(7)6-10(8,9)4-2/h3-4H,1-2H2,(H,6,7). The van der Waals surface area contributed by atoms with Crippen LogP contribution in [0.5, 0.6) is 0 Å². The maximum absolute atomic E-state index is 10.5. The molecule has 1 amide bonds. The molecule has 0 saturated heterocycles. The molecule has 1 N–H and O–H groups in total. The van der Waals surface area contributed by atoms with Crippen LogP contribution in [0.4, 0.5) is 0 Å².